The number of nitrogens with one attached hydrogen (secondary N) is 1. The van der Waals surface area contributed by atoms with Gasteiger partial charge in [-0.25, -0.2) is 0 Å². The van der Waals surface area contributed by atoms with E-state index in [0.717, 1.165) is 48.8 Å². The molecular weight excluding hydrogens is 298 g/mol. The highest BCUT2D eigenvalue weighted by atomic mass is 16.2. The normalized spacial score (nSPS) is 22.9. The quantitative estimate of drug-likeness (QED) is 0.923. The molecule has 0 aliphatic carbocycles. The zero-order valence-electron chi connectivity index (χ0n) is 14.7. The third-order valence-corrected chi connectivity index (χ3v) is 5.60. The first-order chi connectivity index (χ1) is 11.5. The van der Waals surface area contributed by atoms with Crippen molar-refractivity contribution in [2.75, 3.05) is 26.2 Å². The van der Waals surface area contributed by atoms with E-state index in [0.29, 0.717) is 11.8 Å². The third kappa shape index (κ3) is 2.46. The van der Waals surface area contributed by atoms with Crippen LogP contribution in [0.2, 0.25) is 0 Å². The van der Waals surface area contributed by atoms with E-state index in [1.165, 1.54) is 5.56 Å². The average Bonchev–Trinajstić information content (AvgIpc) is 3.20. The Balaban J connectivity index is 1.65. The number of carbonyl (C=O) groups is 1. The van der Waals surface area contributed by atoms with Gasteiger partial charge in [-0.15, -0.1) is 0 Å². The lowest BCUT2D eigenvalue weighted by molar-refractivity contribution is 0.0781. The van der Waals surface area contributed by atoms with Crippen LogP contribution in [0.3, 0.4) is 0 Å². The number of amides is 1. The Morgan fingerprint density at radius 2 is 1.79 bits per heavy atom. The van der Waals surface area contributed by atoms with Gasteiger partial charge in [0.05, 0.1) is 5.56 Å². The monoisotopic (exact) mass is 323 g/mol. The van der Waals surface area contributed by atoms with E-state index >= 15 is 0 Å². The van der Waals surface area contributed by atoms with E-state index in [-0.39, 0.29) is 5.91 Å². The predicted molar refractivity (Wildman–Crippen MR) is 95.7 cm³/mol. The summed E-state index contributed by atoms with van der Waals surface area (Å²) in [6, 6.07) is 10.5. The van der Waals surface area contributed by atoms with Gasteiger partial charge in [0.2, 0.25) is 0 Å². The fourth-order valence-corrected chi connectivity index (χ4v) is 4.34. The highest BCUT2D eigenvalue weighted by molar-refractivity contribution is 5.96. The Morgan fingerprint density at radius 3 is 2.46 bits per heavy atom. The molecule has 4 heteroatoms. The SMILES string of the molecule is Cc1cccc(-n2c(C)cc(C(=O)N3C[C@H]4CNC[C@H]4C3)c2C)c1. The number of carbonyl (C=O) groups excluding carboxylic acids is 1. The van der Waals surface area contributed by atoms with Crippen LogP contribution in [0.15, 0.2) is 30.3 Å². The molecule has 2 aliphatic heterocycles. The molecule has 2 atom stereocenters. The lowest BCUT2D eigenvalue weighted by Crippen LogP contribution is -2.32. The minimum Gasteiger partial charge on any atom is -0.338 e. The van der Waals surface area contributed by atoms with Crippen LogP contribution >= 0.6 is 0 Å². The van der Waals surface area contributed by atoms with Gasteiger partial charge in [-0.3, -0.25) is 4.79 Å². The number of aryl methyl sites for hydroxylation is 2. The number of aromatic nitrogens is 1. The van der Waals surface area contributed by atoms with Gasteiger partial charge in [0, 0.05) is 43.3 Å². The Labute approximate surface area is 143 Å². The Kier molecular flexibility index (Phi) is 3.72. The summed E-state index contributed by atoms with van der Waals surface area (Å²) in [7, 11) is 0. The van der Waals surface area contributed by atoms with Crippen molar-refractivity contribution in [2.45, 2.75) is 20.8 Å². The van der Waals surface area contributed by atoms with E-state index in [1.807, 2.05) is 6.07 Å². The van der Waals surface area contributed by atoms with Gasteiger partial charge in [-0.05, 0) is 56.4 Å². The largest absolute Gasteiger partial charge is 0.338 e. The molecule has 0 bridgehead atoms. The van der Waals surface area contributed by atoms with Crippen LogP contribution in [0.25, 0.3) is 5.69 Å². The minimum atomic E-state index is 0.191. The van der Waals surface area contributed by atoms with Gasteiger partial charge >= 0.3 is 0 Å². The van der Waals surface area contributed by atoms with Crippen LogP contribution < -0.4 is 5.32 Å². The molecule has 1 N–H and O–H groups in total. The molecule has 4 rings (SSSR count). The summed E-state index contributed by atoms with van der Waals surface area (Å²) in [5.41, 5.74) is 5.36. The van der Waals surface area contributed by atoms with Crippen LogP contribution in [-0.2, 0) is 0 Å². The van der Waals surface area contributed by atoms with Crippen LogP contribution in [0.5, 0.6) is 0 Å². The molecule has 2 saturated heterocycles. The second kappa shape index (κ2) is 5.78. The van der Waals surface area contributed by atoms with Crippen molar-refractivity contribution in [3.8, 4) is 5.69 Å². The van der Waals surface area contributed by atoms with Crippen molar-refractivity contribution in [3.63, 3.8) is 0 Å². The van der Waals surface area contributed by atoms with Crippen LogP contribution in [0.4, 0.5) is 0 Å². The van der Waals surface area contributed by atoms with Gasteiger partial charge in [-0.1, -0.05) is 12.1 Å². The standard InChI is InChI=1S/C20H25N3O/c1-13-5-4-6-18(7-13)23-14(2)8-19(15(23)3)20(24)22-11-16-9-21-10-17(16)12-22/h4-8,16-17,21H,9-12H2,1-3H3/t16-,17+. The Bertz CT molecular complexity index is 780. The Morgan fingerprint density at radius 1 is 1.08 bits per heavy atom. The molecule has 4 nitrogen and oxygen atoms in total. The molecule has 2 aromatic rings. The molecule has 0 saturated carbocycles. The Hall–Kier alpha value is -2.07. The van der Waals surface area contributed by atoms with E-state index in [9.17, 15) is 4.79 Å². The minimum absolute atomic E-state index is 0.191. The molecule has 126 valence electrons. The van der Waals surface area contributed by atoms with E-state index < -0.39 is 0 Å². The average molecular weight is 323 g/mol. The lowest BCUT2D eigenvalue weighted by Gasteiger charge is -2.18. The third-order valence-electron chi connectivity index (χ3n) is 5.60. The number of benzene rings is 1. The summed E-state index contributed by atoms with van der Waals surface area (Å²) >= 11 is 0. The zero-order chi connectivity index (χ0) is 16.8. The summed E-state index contributed by atoms with van der Waals surface area (Å²) in [5.74, 6) is 1.46. The number of nitrogens with zero attached hydrogens (tertiary/aromatic N) is 2. The van der Waals surface area contributed by atoms with Crippen molar-refractivity contribution in [1.29, 1.82) is 0 Å². The topological polar surface area (TPSA) is 37.3 Å². The lowest BCUT2D eigenvalue weighted by atomic mass is 10.0. The molecule has 1 amide bonds. The summed E-state index contributed by atoms with van der Waals surface area (Å²) < 4.78 is 2.19. The van der Waals surface area contributed by atoms with Crippen LogP contribution in [0, 0.1) is 32.6 Å². The number of rotatable bonds is 2. The highest BCUT2D eigenvalue weighted by Crippen LogP contribution is 2.29. The van der Waals surface area contributed by atoms with Crippen LogP contribution in [0.1, 0.15) is 27.3 Å². The summed E-state index contributed by atoms with van der Waals surface area (Å²) in [4.78, 5) is 15.1. The van der Waals surface area contributed by atoms with Crippen molar-refractivity contribution < 1.29 is 4.79 Å². The second-order valence-corrected chi connectivity index (χ2v) is 7.35. The second-order valence-electron chi connectivity index (χ2n) is 7.35. The molecule has 0 spiro atoms. The predicted octanol–water partition coefficient (Wildman–Crippen LogP) is 2.69. The van der Waals surface area contributed by atoms with Gasteiger partial charge in [0.15, 0.2) is 0 Å². The van der Waals surface area contributed by atoms with Gasteiger partial charge in [0.1, 0.15) is 0 Å². The molecule has 3 heterocycles. The number of fused-ring (bicyclic) bond motifs is 1. The van der Waals surface area contributed by atoms with E-state index in [2.05, 4.69) is 59.8 Å². The molecule has 0 radical (unpaired) electrons. The fourth-order valence-electron chi connectivity index (χ4n) is 4.34. The smallest absolute Gasteiger partial charge is 0.255 e. The van der Waals surface area contributed by atoms with Crippen molar-refractivity contribution in [2.24, 2.45) is 11.8 Å². The summed E-state index contributed by atoms with van der Waals surface area (Å²) in [6.07, 6.45) is 0. The molecule has 2 aliphatic rings. The molecule has 0 unspecified atom stereocenters. The number of likely N-dealkylation sites (tertiary alicyclic amines) is 1. The van der Waals surface area contributed by atoms with Gasteiger partial charge < -0.3 is 14.8 Å². The molecule has 1 aromatic heterocycles. The number of hydrogen-bond acceptors (Lipinski definition) is 2. The van der Waals surface area contributed by atoms with Gasteiger partial charge in [0.25, 0.3) is 5.91 Å². The summed E-state index contributed by atoms with van der Waals surface area (Å²) in [6.45, 7) is 10.1. The van der Waals surface area contributed by atoms with E-state index in [1.54, 1.807) is 0 Å². The maximum absolute atomic E-state index is 13.1. The first kappa shape index (κ1) is 15.5. The molecule has 1 aromatic carbocycles. The first-order valence-electron chi connectivity index (χ1n) is 8.80. The van der Waals surface area contributed by atoms with Crippen molar-refractivity contribution in [3.05, 3.63) is 52.8 Å². The van der Waals surface area contributed by atoms with Crippen molar-refractivity contribution in [1.82, 2.24) is 14.8 Å². The van der Waals surface area contributed by atoms with Crippen LogP contribution in [-0.4, -0.2) is 41.6 Å². The maximum atomic E-state index is 13.1. The highest BCUT2D eigenvalue weighted by Gasteiger charge is 2.38. The molecule has 2 fully saturated rings. The van der Waals surface area contributed by atoms with Gasteiger partial charge in [-0.2, -0.15) is 0 Å². The van der Waals surface area contributed by atoms with Crippen molar-refractivity contribution >= 4 is 5.91 Å². The summed E-state index contributed by atoms with van der Waals surface area (Å²) in [5, 5.41) is 3.43. The number of hydrogen-bond donors (Lipinski definition) is 1. The maximum Gasteiger partial charge on any atom is 0.255 e. The first-order valence-corrected chi connectivity index (χ1v) is 8.80. The zero-order valence-corrected chi connectivity index (χ0v) is 14.7. The molecule has 24 heavy (non-hydrogen) atoms. The fraction of sp³-hybridized carbons (Fsp3) is 0.450. The molecular formula is C20H25N3O. The van der Waals surface area contributed by atoms with E-state index in [4.69, 9.17) is 0 Å².